The van der Waals surface area contributed by atoms with Crippen molar-refractivity contribution in [2.24, 2.45) is 0 Å². The number of carbonyl (C=O) groups excluding carboxylic acids is 2. The number of methoxy groups -OCH3 is 2. The van der Waals surface area contributed by atoms with Gasteiger partial charge in [0.1, 0.15) is 18.4 Å². The summed E-state index contributed by atoms with van der Waals surface area (Å²) in [5.41, 5.74) is 2.86. The van der Waals surface area contributed by atoms with Gasteiger partial charge in [-0.25, -0.2) is 12.8 Å². The maximum Gasteiger partial charge on any atom is 0.264 e. The Labute approximate surface area is 294 Å². The summed E-state index contributed by atoms with van der Waals surface area (Å²) in [4.78, 5) is 30.1. The number of nitrogens with zero attached hydrogens (tertiary/aromatic N) is 2. The summed E-state index contributed by atoms with van der Waals surface area (Å²) in [7, 11) is -1.55. The summed E-state index contributed by atoms with van der Waals surface area (Å²) < 4.78 is 56.1. The van der Waals surface area contributed by atoms with E-state index >= 15 is 4.39 Å². The molecule has 0 spiro atoms. The van der Waals surface area contributed by atoms with Gasteiger partial charge in [0, 0.05) is 30.6 Å². The third-order valence-electron chi connectivity index (χ3n) is 8.99. The van der Waals surface area contributed by atoms with Crippen molar-refractivity contribution < 1.29 is 31.9 Å². The molecular weight excluding hydrogens is 658 g/mol. The van der Waals surface area contributed by atoms with Crippen LogP contribution in [0.3, 0.4) is 0 Å². The summed E-state index contributed by atoms with van der Waals surface area (Å²) >= 11 is 0. The Morgan fingerprint density at radius 2 is 1.50 bits per heavy atom. The van der Waals surface area contributed by atoms with E-state index in [0.717, 1.165) is 46.7 Å². The molecule has 4 aromatic carbocycles. The second-order valence-corrected chi connectivity index (χ2v) is 14.5. The number of carbonyl (C=O) groups is 2. The molecule has 1 aliphatic rings. The van der Waals surface area contributed by atoms with Crippen LogP contribution in [0.1, 0.15) is 47.9 Å². The molecule has 0 saturated heterocycles. The average Bonchev–Trinajstić information content (AvgIpc) is 3.62. The van der Waals surface area contributed by atoms with Crippen molar-refractivity contribution in [3.05, 3.63) is 119 Å². The minimum Gasteiger partial charge on any atom is -0.493 e. The van der Waals surface area contributed by atoms with E-state index in [0.29, 0.717) is 5.75 Å². The first-order valence-electron chi connectivity index (χ1n) is 16.7. The first-order chi connectivity index (χ1) is 24.0. The second kappa shape index (κ2) is 16.2. The molecule has 0 heterocycles. The first kappa shape index (κ1) is 36.4. The molecular formula is C39H44FN3O6S. The van der Waals surface area contributed by atoms with Gasteiger partial charge in [-0.15, -0.1) is 0 Å². The van der Waals surface area contributed by atoms with Gasteiger partial charge < -0.3 is 19.7 Å². The molecule has 1 N–H and O–H groups in total. The molecule has 264 valence electrons. The van der Waals surface area contributed by atoms with Gasteiger partial charge in [-0.05, 0) is 73.7 Å². The molecule has 1 aliphatic carbocycles. The van der Waals surface area contributed by atoms with E-state index in [1.165, 1.54) is 43.4 Å². The predicted octanol–water partition coefficient (Wildman–Crippen LogP) is 6.35. The summed E-state index contributed by atoms with van der Waals surface area (Å²) in [6.45, 7) is 2.77. The van der Waals surface area contributed by atoms with Crippen molar-refractivity contribution in [1.82, 2.24) is 10.2 Å². The number of rotatable bonds is 14. The van der Waals surface area contributed by atoms with Crippen LogP contribution in [0.2, 0.25) is 0 Å². The lowest BCUT2D eigenvalue weighted by Gasteiger charge is -2.34. The van der Waals surface area contributed by atoms with E-state index in [4.69, 9.17) is 9.47 Å². The van der Waals surface area contributed by atoms with E-state index in [-0.39, 0.29) is 46.8 Å². The zero-order valence-electron chi connectivity index (χ0n) is 28.9. The molecule has 2 amide bonds. The highest BCUT2D eigenvalue weighted by Crippen LogP contribution is 2.33. The number of sulfonamides is 1. The van der Waals surface area contributed by atoms with Gasteiger partial charge in [0.25, 0.3) is 10.0 Å². The van der Waals surface area contributed by atoms with Crippen LogP contribution >= 0.6 is 0 Å². The number of benzene rings is 4. The number of halogens is 1. The Balaban J connectivity index is 1.61. The molecule has 1 unspecified atom stereocenters. The molecule has 11 heteroatoms. The molecule has 0 aromatic heterocycles. The van der Waals surface area contributed by atoms with Gasteiger partial charge in [-0.2, -0.15) is 0 Å². The van der Waals surface area contributed by atoms with E-state index in [9.17, 15) is 18.0 Å². The van der Waals surface area contributed by atoms with E-state index < -0.39 is 34.3 Å². The molecule has 5 rings (SSSR count). The van der Waals surface area contributed by atoms with Gasteiger partial charge >= 0.3 is 0 Å². The van der Waals surface area contributed by atoms with Gasteiger partial charge in [-0.3, -0.25) is 13.9 Å². The molecule has 1 atom stereocenters. The summed E-state index contributed by atoms with van der Waals surface area (Å²) in [5.74, 6) is -1.03. The normalized spacial score (nSPS) is 13.8. The number of hydrogen-bond acceptors (Lipinski definition) is 6. The van der Waals surface area contributed by atoms with Gasteiger partial charge in [0.05, 0.1) is 24.8 Å². The van der Waals surface area contributed by atoms with Crippen LogP contribution in [-0.2, 0) is 32.6 Å². The second-order valence-electron chi connectivity index (χ2n) is 12.7. The molecule has 50 heavy (non-hydrogen) atoms. The van der Waals surface area contributed by atoms with Crippen molar-refractivity contribution in [3.8, 4) is 11.5 Å². The van der Waals surface area contributed by atoms with Crippen molar-refractivity contribution >= 4 is 27.5 Å². The molecule has 9 nitrogen and oxygen atoms in total. The highest BCUT2D eigenvalue weighted by atomic mass is 32.2. The summed E-state index contributed by atoms with van der Waals surface area (Å²) in [6.07, 6.45) is 3.78. The fraction of sp³-hybridized carbons (Fsp3) is 0.333. The molecule has 0 aliphatic heterocycles. The van der Waals surface area contributed by atoms with Crippen molar-refractivity contribution in [2.45, 2.75) is 69.5 Å². The maximum absolute atomic E-state index is 15.2. The minimum absolute atomic E-state index is 0.0385. The fourth-order valence-electron chi connectivity index (χ4n) is 6.46. The number of ether oxygens (including phenoxy) is 2. The molecule has 1 fully saturated rings. The first-order valence-corrected chi connectivity index (χ1v) is 18.1. The van der Waals surface area contributed by atoms with Gasteiger partial charge in [0.2, 0.25) is 11.8 Å². The van der Waals surface area contributed by atoms with Crippen LogP contribution in [0, 0.1) is 19.7 Å². The zero-order valence-corrected chi connectivity index (χ0v) is 29.7. The molecule has 4 aromatic rings. The Hall–Kier alpha value is -4.90. The van der Waals surface area contributed by atoms with E-state index in [1.807, 2.05) is 50.2 Å². The maximum atomic E-state index is 15.2. The summed E-state index contributed by atoms with van der Waals surface area (Å²) in [6, 6.07) is 23.8. The molecule has 0 bridgehead atoms. The van der Waals surface area contributed by atoms with Gasteiger partial charge in [0.15, 0.2) is 11.5 Å². The Morgan fingerprint density at radius 1 is 0.860 bits per heavy atom. The Kier molecular flexibility index (Phi) is 11.8. The minimum atomic E-state index is -4.40. The highest BCUT2D eigenvalue weighted by molar-refractivity contribution is 7.92. The number of hydrogen-bond donors (Lipinski definition) is 1. The fourth-order valence-corrected chi connectivity index (χ4v) is 7.87. The largest absolute Gasteiger partial charge is 0.493 e. The lowest BCUT2D eigenvalue weighted by atomic mass is 10.0. The SMILES string of the molecule is COc1ccc(S(=O)(=O)N(CC(=O)N(Cc2ccccc2F)C(Cc2ccccc2)C(=O)NC2CCCC2)c2cc(C)cc(C)c2)cc1OC. The molecule has 0 radical (unpaired) electrons. The Bertz CT molecular complexity index is 1890. The van der Waals surface area contributed by atoms with Crippen LogP contribution in [0.25, 0.3) is 0 Å². The number of amides is 2. The lowest BCUT2D eigenvalue weighted by Crippen LogP contribution is -2.54. The van der Waals surface area contributed by atoms with Crippen LogP contribution in [0.4, 0.5) is 10.1 Å². The standard InChI is InChI=1S/C39H44FN3O6S/c1-27-20-28(2)22-32(21-27)43(50(46,47)33-18-19-36(48-3)37(24-33)49-4)26-38(44)42(25-30-14-8-11-17-34(30)40)35(23-29-12-6-5-7-13-29)39(45)41-31-15-9-10-16-31/h5-8,11-14,17-22,24,31,35H,9-10,15-16,23,25-26H2,1-4H3,(H,41,45). The monoisotopic (exact) mass is 701 g/mol. The number of nitrogens with one attached hydrogen (secondary N) is 1. The van der Waals surface area contributed by atoms with E-state index in [2.05, 4.69) is 5.32 Å². The van der Waals surface area contributed by atoms with Crippen molar-refractivity contribution in [3.63, 3.8) is 0 Å². The van der Waals surface area contributed by atoms with Crippen LogP contribution in [0.15, 0.2) is 95.9 Å². The van der Waals surface area contributed by atoms with Crippen LogP contribution in [0.5, 0.6) is 11.5 Å². The van der Waals surface area contributed by atoms with E-state index in [1.54, 1.807) is 30.3 Å². The summed E-state index contributed by atoms with van der Waals surface area (Å²) in [5, 5.41) is 3.13. The number of anilines is 1. The van der Waals surface area contributed by atoms with Crippen molar-refractivity contribution in [1.29, 1.82) is 0 Å². The lowest BCUT2D eigenvalue weighted by molar-refractivity contribution is -0.140. The van der Waals surface area contributed by atoms with Crippen LogP contribution < -0.4 is 19.1 Å². The quantitative estimate of drug-likeness (QED) is 0.164. The highest BCUT2D eigenvalue weighted by Gasteiger charge is 2.36. The smallest absolute Gasteiger partial charge is 0.264 e. The topological polar surface area (TPSA) is 105 Å². The van der Waals surface area contributed by atoms with Gasteiger partial charge in [-0.1, -0.05) is 67.4 Å². The van der Waals surface area contributed by atoms with Crippen LogP contribution in [-0.4, -0.2) is 58.0 Å². The predicted molar refractivity (Wildman–Crippen MR) is 191 cm³/mol. The molecule has 1 saturated carbocycles. The Morgan fingerprint density at radius 3 is 2.14 bits per heavy atom. The third-order valence-corrected chi connectivity index (χ3v) is 10.8. The third kappa shape index (κ3) is 8.63. The number of aryl methyl sites for hydroxylation is 2. The average molecular weight is 702 g/mol. The zero-order chi connectivity index (χ0) is 35.8. The van der Waals surface area contributed by atoms with Crippen molar-refractivity contribution in [2.75, 3.05) is 25.1 Å².